The number of benzene rings is 3. The first-order valence-electron chi connectivity index (χ1n) is 11.3. The van der Waals surface area contributed by atoms with Crippen LogP contribution in [0.5, 0.6) is 0 Å². The Bertz CT molecular complexity index is 1560. The van der Waals surface area contributed by atoms with Gasteiger partial charge in [0.2, 0.25) is 5.89 Å². The third kappa shape index (κ3) is 4.08. The molecule has 0 N–H and O–H groups in total. The SMILES string of the molecule is CSc1c(-c2nnc(C3(c4ccc(Cl)cc4)CC3)o2)nn(-c2ccccc2Cl)c1-c1ccc(Br)cc1. The highest BCUT2D eigenvalue weighted by molar-refractivity contribution is 9.10. The summed E-state index contributed by atoms with van der Waals surface area (Å²) in [6.07, 6.45) is 3.92. The molecule has 2 aromatic heterocycles. The van der Waals surface area contributed by atoms with Crippen LogP contribution < -0.4 is 0 Å². The Morgan fingerprint density at radius 2 is 1.67 bits per heavy atom. The van der Waals surface area contributed by atoms with Crippen LogP contribution in [0.1, 0.15) is 24.3 Å². The van der Waals surface area contributed by atoms with Gasteiger partial charge in [0.15, 0.2) is 5.69 Å². The lowest BCUT2D eigenvalue weighted by Gasteiger charge is -2.10. The van der Waals surface area contributed by atoms with E-state index < -0.39 is 0 Å². The van der Waals surface area contributed by atoms with E-state index in [4.69, 9.17) is 32.7 Å². The van der Waals surface area contributed by atoms with Crippen molar-refractivity contribution in [3.05, 3.63) is 98.8 Å². The van der Waals surface area contributed by atoms with Crippen molar-refractivity contribution in [2.75, 3.05) is 6.26 Å². The monoisotopic (exact) mass is 596 g/mol. The standard InChI is InChI=1S/C27H19BrCl2N4OS/c1-36-24-22(25-31-32-26(35-25)27(14-15-27)17-8-12-19(29)13-9-17)33-34(21-5-3-2-4-20(21)30)23(24)16-6-10-18(28)11-7-16/h2-13H,14-15H2,1H3. The van der Waals surface area contributed by atoms with Crippen molar-refractivity contribution in [2.45, 2.75) is 23.2 Å². The second kappa shape index (κ2) is 9.38. The summed E-state index contributed by atoms with van der Waals surface area (Å²) in [7, 11) is 0. The molecule has 9 heteroatoms. The number of rotatable bonds is 6. The van der Waals surface area contributed by atoms with Gasteiger partial charge >= 0.3 is 0 Å². The molecule has 180 valence electrons. The van der Waals surface area contributed by atoms with Crippen molar-refractivity contribution in [1.82, 2.24) is 20.0 Å². The van der Waals surface area contributed by atoms with Crippen LogP contribution in [0.2, 0.25) is 10.0 Å². The van der Waals surface area contributed by atoms with E-state index in [1.54, 1.807) is 11.8 Å². The molecule has 5 aromatic rings. The second-order valence-corrected chi connectivity index (χ2v) is 11.2. The first-order valence-corrected chi connectivity index (χ1v) is 14.1. The Kier molecular flexibility index (Phi) is 6.20. The van der Waals surface area contributed by atoms with E-state index in [1.807, 2.05) is 71.6 Å². The van der Waals surface area contributed by atoms with E-state index in [0.29, 0.717) is 27.5 Å². The van der Waals surface area contributed by atoms with Crippen LogP contribution in [-0.2, 0) is 5.41 Å². The molecule has 0 unspecified atom stereocenters. The maximum Gasteiger partial charge on any atom is 0.269 e. The molecule has 6 rings (SSSR count). The predicted molar refractivity (Wildman–Crippen MR) is 148 cm³/mol. The second-order valence-electron chi connectivity index (χ2n) is 8.60. The zero-order chi connectivity index (χ0) is 24.9. The van der Waals surface area contributed by atoms with E-state index in [1.165, 1.54) is 0 Å². The molecule has 0 bridgehead atoms. The molecule has 0 aliphatic heterocycles. The van der Waals surface area contributed by atoms with Gasteiger partial charge in [0.25, 0.3) is 5.89 Å². The summed E-state index contributed by atoms with van der Waals surface area (Å²) < 4.78 is 9.19. The summed E-state index contributed by atoms with van der Waals surface area (Å²) in [4.78, 5) is 0.934. The zero-order valence-electron chi connectivity index (χ0n) is 19.1. The fourth-order valence-electron chi connectivity index (χ4n) is 4.43. The predicted octanol–water partition coefficient (Wildman–Crippen LogP) is 8.46. The summed E-state index contributed by atoms with van der Waals surface area (Å²) in [6, 6.07) is 23.6. The van der Waals surface area contributed by atoms with Gasteiger partial charge in [-0.3, -0.25) is 0 Å². The summed E-state index contributed by atoms with van der Waals surface area (Å²) >= 11 is 17.8. The van der Waals surface area contributed by atoms with E-state index in [0.717, 1.165) is 44.7 Å². The normalized spacial score (nSPS) is 14.2. The lowest BCUT2D eigenvalue weighted by Crippen LogP contribution is -2.08. The van der Waals surface area contributed by atoms with Crippen molar-refractivity contribution in [3.8, 4) is 28.5 Å². The molecule has 36 heavy (non-hydrogen) atoms. The maximum absolute atomic E-state index is 6.61. The molecule has 0 radical (unpaired) electrons. The van der Waals surface area contributed by atoms with Crippen molar-refractivity contribution >= 4 is 50.9 Å². The minimum Gasteiger partial charge on any atom is -0.418 e. The van der Waals surface area contributed by atoms with Gasteiger partial charge in [-0.25, -0.2) is 4.68 Å². The summed E-state index contributed by atoms with van der Waals surface area (Å²) in [6.45, 7) is 0. The average Bonchev–Trinajstić information content (AvgIpc) is 3.38. The lowest BCUT2D eigenvalue weighted by molar-refractivity contribution is 0.470. The molecular formula is C27H19BrCl2N4OS. The number of nitrogens with zero attached hydrogens (tertiary/aromatic N) is 4. The maximum atomic E-state index is 6.61. The number of hydrogen-bond acceptors (Lipinski definition) is 5. The van der Waals surface area contributed by atoms with E-state index >= 15 is 0 Å². The number of aromatic nitrogens is 4. The molecule has 1 fully saturated rings. The van der Waals surface area contributed by atoms with Gasteiger partial charge < -0.3 is 4.42 Å². The highest BCUT2D eigenvalue weighted by Gasteiger charge is 2.51. The number of thioether (sulfide) groups is 1. The molecule has 1 saturated carbocycles. The quantitative estimate of drug-likeness (QED) is 0.184. The van der Waals surface area contributed by atoms with Gasteiger partial charge in [0.1, 0.15) is 0 Å². The molecule has 3 aromatic carbocycles. The van der Waals surface area contributed by atoms with Gasteiger partial charge in [-0.05, 0) is 61.1 Å². The summed E-state index contributed by atoms with van der Waals surface area (Å²) in [5.74, 6) is 0.989. The van der Waals surface area contributed by atoms with E-state index in [2.05, 4.69) is 38.3 Å². The number of para-hydroxylation sites is 1. The smallest absolute Gasteiger partial charge is 0.269 e. The van der Waals surface area contributed by atoms with Gasteiger partial charge in [0.05, 0.1) is 26.7 Å². The van der Waals surface area contributed by atoms with Crippen LogP contribution in [0.4, 0.5) is 0 Å². The molecule has 5 nitrogen and oxygen atoms in total. The van der Waals surface area contributed by atoms with Gasteiger partial charge in [-0.1, -0.05) is 75.5 Å². The van der Waals surface area contributed by atoms with Crippen LogP contribution in [0, 0.1) is 0 Å². The molecule has 0 saturated heterocycles. The van der Waals surface area contributed by atoms with Crippen LogP contribution in [0.15, 0.2) is 86.6 Å². The van der Waals surface area contributed by atoms with Crippen molar-refractivity contribution in [1.29, 1.82) is 0 Å². The Morgan fingerprint density at radius 1 is 0.944 bits per heavy atom. The van der Waals surface area contributed by atoms with Gasteiger partial charge in [0, 0.05) is 15.1 Å². The molecule has 2 heterocycles. The van der Waals surface area contributed by atoms with Crippen LogP contribution in [-0.4, -0.2) is 26.2 Å². The third-order valence-corrected chi connectivity index (χ3v) is 8.32. The van der Waals surface area contributed by atoms with Crippen molar-refractivity contribution < 1.29 is 4.42 Å². The minimum absolute atomic E-state index is 0.269. The van der Waals surface area contributed by atoms with Crippen LogP contribution >= 0.6 is 50.9 Å². The van der Waals surface area contributed by atoms with Crippen LogP contribution in [0.3, 0.4) is 0 Å². The van der Waals surface area contributed by atoms with E-state index in [9.17, 15) is 0 Å². The van der Waals surface area contributed by atoms with Crippen LogP contribution in [0.25, 0.3) is 28.5 Å². The van der Waals surface area contributed by atoms with Gasteiger partial charge in [-0.2, -0.15) is 5.10 Å². The summed E-state index contributed by atoms with van der Waals surface area (Å²) in [5, 5.41) is 15.2. The molecule has 0 atom stereocenters. The van der Waals surface area contributed by atoms with Crippen molar-refractivity contribution in [2.24, 2.45) is 0 Å². The number of halogens is 3. The fourth-order valence-corrected chi connectivity index (χ4v) is 5.75. The molecule has 1 aliphatic rings. The minimum atomic E-state index is -0.269. The third-order valence-electron chi connectivity index (χ3n) is 6.43. The number of hydrogen-bond donors (Lipinski definition) is 0. The first kappa shape index (κ1) is 23.8. The Balaban J connectivity index is 1.50. The van der Waals surface area contributed by atoms with E-state index in [-0.39, 0.29) is 5.41 Å². The Labute approximate surface area is 231 Å². The highest BCUT2D eigenvalue weighted by Crippen LogP contribution is 2.53. The fraction of sp³-hybridized carbons (Fsp3) is 0.148. The summed E-state index contributed by atoms with van der Waals surface area (Å²) in [5.41, 5.74) is 4.18. The molecule has 0 amide bonds. The van der Waals surface area contributed by atoms with Gasteiger partial charge in [-0.15, -0.1) is 22.0 Å². The first-order chi connectivity index (χ1) is 17.5. The zero-order valence-corrected chi connectivity index (χ0v) is 23.0. The molecular weight excluding hydrogens is 579 g/mol. The molecule has 1 aliphatic carbocycles. The lowest BCUT2D eigenvalue weighted by atomic mass is 9.96. The van der Waals surface area contributed by atoms with Crippen molar-refractivity contribution in [3.63, 3.8) is 0 Å². The Hall–Kier alpha value is -2.58. The molecule has 0 spiro atoms. The average molecular weight is 598 g/mol. The topological polar surface area (TPSA) is 56.7 Å². The highest BCUT2D eigenvalue weighted by atomic mass is 79.9. The Morgan fingerprint density at radius 3 is 2.33 bits per heavy atom. The largest absolute Gasteiger partial charge is 0.418 e.